The molecule has 3 aromatic rings. The van der Waals surface area contributed by atoms with Gasteiger partial charge in [-0.2, -0.15) is 5.10 Å². The Kier molecular flexibility index (Phi) is 2.82. The van der Waals surface area contributed by atoms with Gasteiger partial charge in [0.05, 0.1) is 5.69 Å². The number of carboxylic acids is 1. The van der Waals surface area contributed by atoms with E-state index in [-0.39, 0.29) is 5.69 Å². The quantitative estimate of drug-likeness (QED) is 0.799. The molecule has 1 aromatic carbocycles. The molecule has 1 aliphatic carbocycles. The molecule has 0 aliphatic heterocycles. The minimum Gasteiger partial charge on any atom is -0.476 e. The van der Waals surface area contributed by atoms with Crippen molar-refractivity contribution >= 4 is 5.97 Å². The molecule has 1 saturated carbocycles. The van der Waals surface area contributed by atoms with Crippen LogP contribution < -0.4 is 0 Å². The lowest BCUT2D eigenvalue weighted by Crippen LogP contribution is -2.00. The molecule has 2 heterocycles. The highest BCUT2D eigenvalue weighted by atomic mass is 16.5. The maximum Gasteiger partial charge on any atom is 0.358 e. The third kappa shape index (κ3) is 2.18. The second-order valence-corrected chi connectivity index (χ2v) is 5.37. The monoisotopic (exact) mass is 295 g/mol. The summed E-state index contributed by atoms with van der Waals surface area (Å²) < 4.78 is 7.04. The van der Waals surface area contributed by atoms with Crippen molar-refractivity contribution in [2.24, 2.45) is 0 Å². The summed E-state index contributed by atoms with van der Waals surface area (Å²) in [5, 5.41) is 16.9. The van der Waals surface area contributed by atoms with Gasteiger partial charge in [0.1, 0.15) is 0 Å². The molecule has 0 radical (unpaired) electrons. The fourth-order valence-electron chi connectivity index (χ4n) is 2.52. The van der Waals surface area contributed by atoms with E-state index in [4.69, 9.17) is 9.63 Å². The maximum atomic E-state index is 10.9. The summed E-state index contributed by atoms with van der Waals surface area (Å²) in [6, 6.07) is 11.1. The number of nitrogens with zero attached hydrogens (tertiary/aromatic N) is 3. The molecule has 0 atom stereocenters. The molecule has 6 heteroatoms. The van der Waals surface area contributed by atoms with Gasteiger partial charge in [0.25, 0.3) is 0 Å². The van der Waals surface area contributed by atoms with Gasteiger partial charge in [-0.15, -0.1) is 0 Å². The van der Waals surface area contributed by atoms with Crippen molar-refractivity contribution < 1.29 is 14.4 Å². The number of aromatic nitrogens is 3. The van der Waals surface area contributed by atoms with Crippen molar-refractivity contribution in [3.63, 3.8) is 0 Å². The predicted octanol–water partition coefficient (Wildman–Crippen LogP) is 3.10. The van der Waals surface area contributed by atoms with Crippen LogP contribution in [0, 0.1) is 0 Å². The van der Waals surface area contributed by atoms with Crippen LogP contribution in [0.3, 0.4) is 0 Å². The number of carboxylic acid groups (broad SMARTS) is 1. The Balaban J connectivity index is 1.73. The first-order chi connectivity index (χ1) is 10.7. The molecule has 110 valence electrons. The molecule has 0 bridgehead atoms. The van der Waals surface area contributed by atoms with Crippen LogP contribution in [0.25, 0.3) is 17.0 Å². The molecular formula is C16H13N3O3. The molecular weight excluding hydrogens is 282 g/mol. The fourth-order valence-corrected chi connectivity index (χ4v) is 2.52. The zero-order valence-corrected chi connectivity index (χ0v) is 11.6. The van der Waals surface area contributed by atoms with Gasteiger partial charge in [0, 0.05) is 29.4 Å². The Morgan fingerprint density at radius 2 is 2.14 bits per heavy atom. The van der Waals surface area contributed by atoms with Gasteiger partial charge in [0.15, 0.2) is 11.5 Å². The average Bonchev–Trinajstić information content (AvgIpc) is 3.06. The highest BCUT2D eigenvalue weighted by Crippen LogP contribution is 2.40. The Hall–Kier alpha value is -2.89. The molecule has 22 heavy (non-hydrogen) atoms. The van der Waals surface area contributed by atoms with Crippen LogP contribution in [-0.2, 0) is 0 Å². The lowest BCUT2D eigenvalue weighted by atomic mass is 10.1. The van der Waals surface area contributed by atoms with Crippen LogP contribution in [0.2, 0.25) is 0 Å². The lowest BCUT2D eigenvalue weighted by Gasteiger charge is -2.07. The van der Waals surface area contributed by atoms with Gasteiger partial charge < -0.3 is 9.63 Å². The molecule has 0 amide bonds. The average molecular weight is 295 g/mol. The standard InChI is InChI=1S/C16H13N3O3/c20-16(21)13-9-15(22-18-13)11-2-1-3-12(8-11)19-14(6-7-17-19)10-4-5-10/h1-3,6-10H,4-5H2,(H,20,21). The molecule has 1 aliphatic rings. The van der Waals surface area contributed by atoms with Gasteiger partial charge in [-0.3, -0.25) is 0 Å². The summed E-state index contributed by atoms with van der Waals surface area (Å²) in [7, 11) is 0. The summed E-state index contributed by atoms with van der Waals surface area (Å²) >= 11 is 0. The topological polar surface area (TPSA) is 81.1 Å². The van der Waals surface area contributed by atoms with Crippen LogP contribution in [0.4, 0.5) is 0 Å². The number of benzene rings is 1. The van der Waals surface area contributed by atoms with Crippen LogP contribution in [0.5, 0.6) is 0 Å². The summed E-state index contributed by atoms with van der Waals surface area (Å²) in [5.41, 5.74) is 2.81. The van der Waals surface area contributed by atoms with Gasteiger partial charge in [-0.05, 0) is 31.0 Å². The normalized spacial score (nSPS) is 14.2. The molecule has 0 spiro atoms. The molecule has 1 N–H and O–H groups in total. The number of aromatic carboxylic acids is 1. The zero-order chi connectivity index (χ0) is 15.1. The zero-order valence-electron chi connectivity index (χ0n) is 11.6. The summed E-state index contributed by atoms with van der Waals surface area (Å²) in [4.78, 5) is 10.9. The summed E-state index contributed by atoms with van der Waals surface area (Å²) in [5.74, 6) is -0.0799. The summed E-state index contributed by atoms with van der Waals surface area (Å²) in [6.07, 6.45) is 4.21. The minimum absolute atomic E-state index is 0.0989. The van der Waals surface area contributed by atoms with E-state index >= 15 is 0 Å². The van der Waals surface area contributed by atoms with Gasteiger partial charge >= 0.3 is 5.97 Å². The number of rotatable bonds is 4. The maximum absolute atomic E-state index is 10.9. The van der Waals surface area contributed by atoms with E-state index in [1.54, 1.807) is 6.20 Å². The number of hydrogen-bond acceptors (Lipinski definition) is 4. The van der Waals surface area contributed by atoms with E-state index in [2.05, 4.69) is 10.3 Å². The van der Waals surface area contributed by atoms with Crippen LogP contribution in [0.1, 0.15) is 34.9 Å². The second kappa shape index (κ2) is 4.84. The van der Waals surface area contributed by atoms with Crippen molar-refractivity contribution in [3.05, 3.63) is 54.0 Å². The Morgan fingerprint density at radius 1 is 1.27 bits per heavy atom. The van der Waals surface area contributed by atoms with Gasteiger partial charge in [-0.25, -0.2) is 9.48 Å². The van der Waals surface area contributed by atoms with Crippen molar-refractivity contribution in [3.8, 4) is 17.0 Å². The predicted molar refractivity (Wildman–Crippen MR) is 78.0 cm³/mol. The first-order valence-corrected chi connectivity index (χ1v) is 7.07. The first-order valence-electron chi connectivity index (χ1n) is 7.07. The first kappa shape index (κ1) is 12.8. The van der Waals surface area contributed by atoms with E-state index in [0.29, 0.717) is 11.7 Å². The highest BCUT2D eigenvalue weighted by Gasteiger charge is 2.27. The largest absolute Gasteiger partial charge is 0.476 e. The van der Waals surface area contributed by atoms with Crippen molar-refractivity contribution in [1.29, 1.82) is 0 Å². The Bertz CT molecular complexity index is 846. The Labute approximate surface area is 126 Å². The smallest absolute Gasteiger partial charge is 0.358 e. The second-order valence-electron chi connectivity index (χ2n) is 5.37. The van der Waals surface area contributed by atoms with Crippen molar-refractivity contribution in [1.82, 2.24) is 14.9 Å². The molecule has 0 saturated heterocycles. The van der Waals surface area contributed by atoms with Gasteiger partial charge in [0.2, 0.25) is 0 Å². The highest BCUT2D eigenvalue weighted by molar-refractivity contribution is 5.86. The summed E-state index contributed by atoms with van der Waals surface area (Å²) in [6.45, 7) is 0. The van der Waals surface area contributed by atoms with Gasteiger partial charge in [-0.1, -0.05) is 17.3 Å². The third-order valence-corrected chi connectivity index (χ3v) is 3.77. The Morgan fingerprint density at radius 3 is 2.86 bits per heavy atom. The number of carbonyl (C=O) groups is 1. The molecule has 2 aromatic heterocycles. The molecule has 0 unspecified atom stereocenters. The number of hydrogen-bond donors (Lipinski definition) is 1. The van der Waals surface area contributed by atoms with Crippen LogP contribution in [-0.4, -0.2) is 26.0 Å². The lowest BCUT2D eigenvalue weighted by molar-refractivity contribution is 0.0686. The van der Waals surface area contributed by atoms with E-state index in [1.807, 2.05) is 35.0 Å². The minimum atomic E-state index is -1.10. The van der Waals surface area contributed by atoms with E-state index in [0.717, 1.165) is 11.3 Å². The molecule has 6 nitrogen and oxygen atoms in total. The fraction of sp³-hybridized carbons (Fsp3) is 0.188. The third-order valence-electron chi connectivity index (χ3n) is 3.77. The van der Waals surface area contributed by atoms with E-state index in [1.165, 1.54) is 24.6 Å². The van der Waals surface area contributed by atoms with Crippen molar-refractivity contribution in [2.45, 2.75) is 18.8 Å². The molecule has 1 fully saturated rings. The SMILES string of the molecule is O=C(O)c1cc(-c2cccc(-n3nccc3C3CC3)c2)on1. The van der Waals surface area contributed by atoms with E-state index < -0.39 is 5.97 Å². The van der Waals surface area contributed by atoms with Crippen molar-refractivity contribution in [2.75, 3.05) is 0 Å². The van der Waals surface area contributed by atoms with Crippen LogP contribution >= 0.6 is 0 Å². The van der Waals surface area contributed by atoms with E-state index in [9.17, 15) is 4.79 Å². The van der Waals surface area contributed by atoms with Crippen LogP contribution in [0.15, 0.2) is 47.1 Å². The molecule has 4 rings (SSSR count).